The Hall–Kier alpha value is -1.90. The van der Waals surface area contributed by atoms with Crippen LogP contribution in [0.3, 0.4) is 0 Å². The van der Waals surface area contributed by atoms with E-state index in [2.05, 4.69) is 21.2 Å². The molecule has 1 aromatic rings. The smallest absolute Gasteiger partial charge is 0.238 e. The number of nitrogens with one attached hydrogen (secondary N) is 1. The van der Waals surface area contributed by atoms with Gasteiger partial charge in [0.15, 0.2) is 0 Å². The molecule has 0 spiro atoms. The molecule has 1 amide bonds. The molecule has 0 aliphatic carbocycles. The van der Waals surface area contributed by atoms with Crippen molar-refractivity contribution >= 4 is 11.6 Å². The summed E-state index contributed by atoms with van der Waals surface area (Å²) in [6.45, 7) is 5.82. The van der Waals surface area contributed by atoms with E-state index in [-0.39, 0.29) is 11.9 Å². The Kier molecular flexibility index (Phi) is 5.73. The number of nitriles is 1. The number of benzene rings is 1. The maximum absolute atomic E-state index is 12.0. The van der Waals surface area contributed by atoms with Crippen molar-refractivity contribution in [3.05, 3.63) is 30.3 Å². The molecule has 1 aliphatic heterocycles. The van der Waals surface area contributed by atoms with Crippen LogP contribution in [0.25, 0.3) is 0 Å². The van der Waals surface area contributed by atoms with E-state index in [0.29, 0.717) is 6.54 Å². The first-order chi connectivity index (χ1) is 10.2. The Bertz CT molecular complexity index is 489. The lowest BCUT2D eigenvalue weighted by Crippen LogP contribution is -2.51. The van der Waals surface area contributed by atoms with Crippen LogP contribution >= 0.6 is 0 Å². The summed E-state index contributed by atoms with van der Waals surface area (Å²) < 4.78 is 0. The van der Waals surface area contributed by atoms with E-state index < -0.39 is 0 Å². The second kappa shape index (κ2) is 7.77. The number of hydrogen-bond acceptors (Lipinski definition) is 4. The second-order valence-electron chi connectivity index (χ2n) is 5.28. The zero-order valence-electron chi connectivity index (χ0n) is 12.5. The van der Waals surface area contributed by atoms with Crippen molar-refractivity contribution in [1.29, 1.82) is 5.26 Å². The highest BCUT2D eigenvalue weighted by Gasteiger charge is 2.23. The maximum atomic E-state index is 12.0. The molecule has 0 bridgehead atoms. The Balaban J connectivity index is 1.76. The normalized spacial score (nSPS) is 17.9. The molecule has 1 aromatic carbocycles. The minimum Gasteiger partial charge on any atom is -0.325 e. The minimum atomic E-state index is 0.00490. The van der Waals surface area contributed by atoms with Crippen LogP contribution in [0, 0.1) is 11.3 Å². The molecule has 21 heavy (non-hydrogen) atoms. The average Bonchev–Trinajstić information content (AvgIpc) is 2.51. The quantitative estimate of drug-likeness (QED) is 0.892. The van der Waals surface area contributed by atoms with Gasteiger partial charge in [0, 0.05) is 31.9 Å². The lowest BCUT2D eigenvalue weighted by atomic mass is 10.2. The third-order valence-corrected chi connectivity index (χ3v) is 3.81. The Labute approximate surface area is 126 Å². The third kappa shape index (κ3) is 4.55. The van der Waals surface area contributed by atoms with Gasteiger partial charge in [-0.1, -0.05) is 25.1 Å². The Morgan fingerprint density at radius 2 is 1.95 bits per heavy atom. The van der Waals surface area contributed by atoms with Crippen molar-refractivity contribution in [3.63, 3.8) is 0 Å². The average molecular weight is 286 g/mol. The van der Waals surface area contributed by atoms with Gasteiger partial charge in [-0.3, -0.25) is 14.6 Å². The monoisotopic (exact) mass is 286 g/mol. The highest BCUT2D eigenvalue weighted by atomic mass is 16.2. The van der Waals surface area contributed by atoms with Gasteiger partial charge in [0.25, 0.3) is 0 Å². The predicted octanol–water partition coefficient (Wildman–Crippen LogP) is 1.54. The molecular formula is C16H22N4O. The van der Waals surface area contributed by atoms with Gasteiger partial charge in [-0.05, 0) is 18.6 Å². The molecule has 2 rings (SSSR count). The first-order valence-electron chi connectivity index (χ1n) is 7.44. The number of hydrogen-bond donors (Lipinski definition) is 1. The highest BCUT2D eigenvalue weighted by Crippen LogP contribution is 2.09. The zero-order chi connectivity index (χ0) is 15.1. The fourth-order valence-corrected chi connectivity index (χ4v) is 2.59. The van der Waals surface area contributed by atoms with Crippen LogP contribution in [0.2, 0.25) is 0 Å². The van der Waals surface area contributed by atoms with Crippen LogP contribution in [0.15, 0.2) is 30.3 Å². The first-order valence-corrected chi connectivity index (χ1v) is 7.44. The molecule has 1 saturated heterocycles. The lowest BCUT2D eigenvalue weighted by molar-refractivity contribution is -0.117. The largest absolute Gasteiger partial charge is 0.325 e. The molecule has 1 fully saturated rings. The number of rotatable bonds is 5. The van der Waals surface area contributed by atoms with Gasteiger partial charge in [0.2, 0.25) is 5.91 Å². The van der Waals surface area contributed by atoms with E-state index in [1.54, 1.807) is 0 Å². The van der Waals surface area contributed by atoms with Gasteiger partial charge in [-0.2, -0.15) is 5.26 Å². The van der Waals surface area contributed by atoms with Gasteiger partial charge in [-0.15, -0.1) is 0 Å². The van der Waals surface area contributed by atoms with Crippen molar-refractivity contribution in [1.82, 2.24) is 9.80 Å². The summed E-state index contributed by atoms with van der Waals surface area (Å²) >= 11 is 0. The van der Waals surface area contributed by atoms with Crippen molar-refractivity contribution in [2.75, 3.05) is 38.0 Å². The number of piperazine rings is 1. The molecule has 0 aromatic heterocycles. The lowest BCUT2D eigenvalue weighted by Gasteiger charge is -2.36. The van der Waals surface area contributed by atoms with Crippen LogP contribution < -0.4 is 5.32 Å². The fourth-order valence-electron chi connectivity index (χ4n) is 2.59. The Morgan fingerprint density at radius 1 is 1.29 bits per heavy atom. The number of para-hydroxylation sites is 1. The van der Waals surface area contributed by atoms with Gasteiger partial charge in [0.05, 0.1) is 18.7 Å². The van der Waals surface area contributed by atoms with Gasteiger partial charge in [-0.25, -0.2) is 0 Å². The van der Waals surface area contributed by atoms with E-state index >= 15 is 0 Å². The topological polar surface area (TPSA) is 59.4 Å². The van der Waals surface area contributed by atoms with Gasteiger partial charge >= 0.3 is 0 Å². The highest BCUT2D eigenvalue weighted by molar-refractivity contribution is 5.92. The van der Waals surface area contributed by atoms with E-state index in [4.69, 9.17) is 5.26 Å². The van der Waals surface area contributed by atoms with Gasteiger partial charge < -0.3 is 5.32 Å². The van der Waals surface area contributed by atoms with E-state index in [9.17, 15) is 4.79 Å². The van der Waals surface area contributed by atoms with Crippen LogP contribution in [0.1, 0.15) is 13.3 Å². The summed E-state index contributed by atoms with van der Waals surface area (Å²) in [6.07, 6.45) is 0.852. The van der Waals surface area contributed by atoms with Gasteiger partial charge in [0.1, 0.15) is 0 Å². The van der Waals surface area contributed by atoms with E-state index in [0.717, 1.165) is 38.3 Å². The molecule has 1 N–H and O–H groups in total. The van der Waals surface area contributed by atoms with E-state index in [1.807, 2.05) is 37.3 Å². The van der Waals surface area contributed by atoms with E-state index in [1.165, 1.54) is 0 Å². The number of anilines is 1. The summed E-state index contributed by atoms with van der Waals surface area (Å²) in [5.74, 6) is 0.0157. The predicted molar refractivity (Wildman–Crippen MR) is 82.8 cm³/mol. The second-order valence-corrected chi connectivity index (χ2v) is 5.28. The molecule has 1 heterocycles. The molecule has 0 radical (unpaired) electrons. The number of nitrogens with zero attached hydrogens (tertiary/aromatic N) is 3. The molecule has 1 atom stereocenters. The van der Waals surface area contributed by atoms with Crippen LogP contribution in [-0.2, 0) is 4.79 Å². The first kappa shape index (κ1) is 15.5. The van der Waals surface area contributed by atoms with Crippen LogP contribution in [0.5, 0.6) is 0 Å². The molecule has 1 aliphatic rings. The SMILES string of the molecule is CCC(C#N)N1CCN(CC(=O)Nc2ccccc2)CC1. The van der Waals surface area contributed by atoms with Crippen molar-refractivity contribution in [3.8, 4) is 6.07 Å². The maximum Gasteiger partial charge on any atom is 0.238 e. The fraction of sp³-hybridized carbons (Fsp3) is 0.500. The number of carbonyl (C=O) groups excluding carboxylic acids is 1. The molecule has 112 valence electrons. The summed E-state index contributed by atoms with van der Waals surface area (Å²) in [7, 11) is 0. The molecule has 1 unspecified atom stereocenters. The summed E-state index contributed by atoms with van der Waals surface area (Å²) in [5, 5.41) is 12.0. The third-order valence-electron chi connectivity index (χ3n) is 3.81. The van der Waals surface area contributed by atoms with Crippen molar-refractivity contribution in [2.24, 2.45) is 0 Å². The van der Waals surface area contributed by atoms with Crippen molar-refractivity contribution in [2.45, 2.75) is 19.4 Å². The van der Waals surface area contributed by atoms with Crippen LogP contribution in [0.4, 0.5) is 5.69 Å². The minimum absolute atomic E-state index is 0.00490. The number of carbonyl (C=O) groups is 1. The molecule has 5 nitrogen and oxygen atoms in total. The van der Waals surface area contributed by atoms with Crippen LogP contribution in [-0.4, -0.2) is 54.5 Å². The Morgan fingerprint density at radius 3 is 2.52 bits per heavy atom. The summed E-state index contributed by atoms with van der Waals surface area (Å²) in [5.41, 5.74) is 0.830. The zero-order valence-corrected chi connectivity index (χ0v) is 12.5. The number of amides is 1. The summed E-state index contributed by atoms with van der Waals surface area (Å²) in [6, 6.07) is 11.8. The standard InChI is InChI=1S/C16H22N4O/c1-2-15(12-17)20-10-8-19(9-11-20)13-16(21)18-14-6-4-3-5-7-14/h3-7,15H,2,8-11,13H2,1H3,(H,18,21). The molecule has 5 heteroatoms. The molecular weight excluding hydrogens is 264 g/mol. The summed E-state index contributed by atoms with van der Waals surface area (Å²) in [4.78, 5) is 16.3. The molecule has 0 saturated carbocycles. The van der Waals surface area contributed by atoms with Crippen molar-refractivity contribution < 1.29 is 4.79 Å².